The van der Waals surface area contributed by atoms with E-state index < -0.39 is 0 Å². The standard InChI is InChI=1S/C15H20O/c1-9-5-6-12-14(15(12,3)4)13-10(2)7-16-8-11(9)13/h5,7-8,12-14H,6H2,1-4H3/t12-,13-,14+/m0/s1. The average Bonchev–Trinajstić information content (AvgIpc) is 2.81. The van der Waals surface area contributed by atoms with Crippen LogP contribution in [0.5, 0.6) is 0 Å². The normalized spacial score (nSPS) is 39.2. The van der Waals surface area contributed by atoms with Crippen molar-refractivity contribution in [1.82, 2.24) is 0 Å². The Hall–Kier alpha value is -0.980. The Morgan fingerprint density at radius 3 is 2.75 bits per heavy atom. The third-order valence-electron chi connectivity index (χ3n) is 4.91. The summed E-state index contributed by atoms with van der Waals surface area (Å²) in [5.74, 6) is 2.28. The van der Waals surface area contributed by atoms with Gasteiger partial charge in [-0.05, 0) is 54.2 Å². The minimum atomic E-state index is 0.507. The number of hydrogen-bond acceptors (Lipinski definition) is 1. The zero-order chi connectivity index (χ0) is 11.5. The Morgan fingerprint density at radius 2 is 2.00 bits per heavy atom. The van der Waals surface area contributed by atoms with Gasteiger partial charge in [0.25, 0.3) is 0 Å². The Morgan fingerprint density at radius 1 is 1.25 bits per heavy atom. The van der Waals surface area contributed by atoms with E-state index in [9.17, 15) is 0 Å². The first-order valence-corrected chi connectivity index (χ1v) is 6.23. The predicted molar refractivity (Wildman–Crippen MR) is 65.6 cm³/mol. The van der Waals surface area contributed by atoms with E-state index in [1.165, 1.54) is 23.1 Å². The zero-order valence-corrected chi connectivity index (χ0v) is 10.6. The second-order valence-corrected chi connectivity index (χ2v) is 6.13. The molecular weight excluding hydrogens is 196 g/mol. The number of hydrogen-bond donors (Lipinski definition) is 0. The van der Waals surface area contributed by atoms with Crippen molar-refractivity contribution < 1.29 is 4.74 Å². The molecule has 0 unspecified atom stereocenters. The second-order valence-electron chi connectivity index (χ2n) is 6.13. The third kappa shape index (κ3) is 1.17. The van der Waals surface area contributed by atoms with Crippen LogP contribution in [0.3, 0.4) is 0 Å². The fraction of sp³-hybridized carbons (Fsp3) is 0.600. The maximum absolute atomic E-state index is 5.45. The Bertz CT molecular complexity index is 423. The van der Waals surface area contributed by atoms with Crippen LogP contribution in [-0.2, 0) is 4.74 Å². The van der Waals surface area contributed by atoms with Crippen LogP contribution in [0.2, 0.25) is 0 Å². The van der Waals surface area contributed by atoms with E-state index in [2.05, 4.69) is 33.8 Å². The van der Waals surface area contributed by atoms with E-state index >= 15 is 0 Å². The highest BCUT2D eigenvalue weighted by Gasteiger charge is 2.61. The molecule has 1 saturated carbocycles. The van der Waals surface area contributed by atoms with Crippen LogP contribution < -0.4 is 0 Å². The largest absolute Gasteiger partial charge is 0.472 e. The molecular formula is C15H20O. The molecule has 0 aromatic heterocycles. The van der Waals surface area contributed by atoms with Crippen molar-refractivity contribution in [1.29, 1.82) is 0 Å². The Labute approximate surface area is 97.9 Å². The number of rotatable bonds is 0. The summed E-state index contributed by atoms with van der Waals surface area (Å²) in [4.78, 5) is 0. The van der Waals surface area contributed by atoms with Crippen LogP contribution >= 0.6 is 0 Å². The number of ether oxygens (including phenoxy) is 1. The molecule has 1 heterocycles. The molecule has 1 fully saturated rings. The van der Waals surface area contributed by atoms with Gasteiger partial charge in [0.05, 0.1) is 12.5 Å². The molecule has 0 N–H and O–H groups in total. The van der Waals surface area contributed by atoms with Crippen LogP contribution in [-0.4, -0.2) is 0 Å². The van der Waals surface area contributed by atoms with Gasteiger partial charge >= 0.3 is 0 Å². The van der Waals surface area contributed by atoms with Gasteiger partial charge in [0, 0.05) is 5.92 Å². The van der Waals surface area contributed by atoms with Gasteiger partial charge in [0.1, 0.15) is 0 Å². The molecule has 86 valence electrons. The van der Waals surface area contributed by atoms with Gasteiger partial charge in [0.15, 0.2) is 0 Å². The summed E-state index contributed by atoms with van der Waals surface area (Å²) < 4.78 is 5.45. The summed E-state index contributed by atoms with van der Waals surface area (Å²) in [6.07, 6.45) is 7.53. The summed E-state index contributed by atoms with van der Waals surface area (Å²) in [6, 6.07) is 0. The Balaban J connectivity index is 2.06. The zero-order valence-electron chi connectivity index (χ0n) is 10.6. The molecule has 0 amide bonds. The average molecular weight is 216 g/mol. The molecule has 3 atom stereocenters. The lowest BCUT2D eigenvalue weighted by atomic mass is 9.82. The van der Waals surface area contributed by atoms with Crippen molar-refractivity contribution in [3.8, 4) is 0 Å². The molecule has 0 aromatic carbocycles. The van der Waals surface area contributed by atoms with Gasteiger partial charge in [-0.1, -0.05) is 19.9 Å². The van der Waals surface area contributed by atoms with Crippen molar-refractivity contribution in [2.45, 2.75) is 34.1 Å². The molecule has 1 heteroatoms. The highest BCUT2D eigenvalue weighted by Crippen LogP contribution is 2.67. The first kappa shape index (κ1) is 10.2. The number of fused-ring (bicyclic) bond motifs is 3. The van der Waals surface area contributed by atoms with Crippen LogP contribution in [0.15, 0.2) is 35.3 Å². The van der Waals surface area contributed by atoms with Gasteiger partial charge in [-0.15, -0.1) is 0 Å². The highest BCUT2D eigenvalue weighted by molar-refractivity contribution is 5.42. The smallest absolute Gasteiger partial charge is 0.0942 e. The molecule has 16 heavy (non-hydrogen) atoms. The molecule has 1 nitrogen and oxygen atoms in total. The van der Waals surface area contributed by atoms with Gasteiger partial charge < -0.3 is 4.74 Å². The van der Waals surface area contributed by atoms with Crippen LogP contribution in [0, 0.1) is 23.2 Å². The first-order chi connectivity index (χ1) is 7.53. The van der Waals surface area contributed by atoms with E-state index in [1.807, 2.05) is 12.5 Å². The van der Waals surface area contributed by atoms with Crippen molar-refractivity contribution in [2.24, 2.45) is 23.2 Å². The minimum Gasteiger partial charge on any atom is -0.472 e. The van der Waals surface area contributed by atoms with E-state index in [0.717, 1.165) is 11.8 Å². The Kier molecular flexibility index (Phi) is 1.93. The fourth-order valence-electron chi connectivity index (χ4n) is 3.74. The SMILES string of the molecule is CC1=CC[C@H]2[C@H]([C@H]3C(C)=COC=C13)C2(C)C. The second kappa shape index (κ2) is 3.03. The molecule has 0 aromatic rings. The molecule has 0 radical (unpaired) electrons. The lowest BCUT2D eigenvalue weighted by Crippen LogP contribution is -2.15. The molecule has 1 aliphatic heterocycles. The molecule has 0 bridgehead atoms. The quantitative estimate of drug-likeness (QED) is 0.593. The minimum absolute atomic E-state index is 0.507. The van der Waals surface area contributed by atoms with Crippen molar-refractivity contribution >= 4 is 0 Å². The monoisotopic (exact) mass is 216 g/mol. The van der Waals surface area contributed by atoms with Crippen molar-refractivity contribution in [2.75, 3.05) is 0 Å². The summed E-state index contributed by atoms with van der Waals surface area (Å²) in [5.41, 5.74) is 4.74. The summed E-state index contributed by atoms with van der Waals surface area (Å²) in [6.45, 7) is 9.26. The van der Waals surface area contributed by atoms with Gasteiger partial charge in [-0.2, -0.15) is 0 Å². The van der Waals surface area contributed by atoms with Crippen molar-refractivity contribution in [3.05, 3.63) is 35.3 Å². The number of allylic oxidation sites excluding steroid dienone is 4. The van der Waals surface area contributed by atoms with Gasteiger partial charge in [0.2, 0.25) is 0 Å². The van der Waals surface area contributed by atoms with Crippen LogP contribution in [0.25, 0.3) is 0 Å². The molecule has 0 saturated heterocycles. The van der Waals surface area contributed by atoms with Gasteiger partial charge in [-0.3, -0.25) is 0 Å². The van der Waals surface area contributed by atoms with E-state index in [1.54, 1.807) is 0 Å². The molecule has 3 rings (SSSR count). The summed E-state index contributed by atoms with van der Waals surface area (Å²) in [5, 5.41) is 0. The van der Waals surface area contributed by atoms with Gasteiger partial charge in [-0.25, -0.2) is 0 Å². The molecule has 0 spiro atoms. The van der Waals surface area contributed by atoms with E-state index in [4.69, 9.17) is 4.74 Å². The predicted octanol–water partition coefficient (Wildman–Crippen LogP) is 4.04. The maximum Gasteiger partial charge on any atom is 0.0942 e. The summed E-state index contributed by atoms with van der Waals surface area (Å²) in [7, 11) is 0. The van der Waals surface area contributed by atoms with Crippen LogP contribution in [0.4, 0.5) is 0 Å². The third-order valence-corrected chi connectivity index (χ3v) is 4.91. The maximum atomic E-state index is 5.45. The van der Waals surface area contributed by atoms with E-state index in [0.29, 0.717) is 11.3 Å². The fourth-order valence-corrected chi connectivity index (χ4v) is 3.74. The highest BCUT2D eigenvalue weighted by atomic mass is 16.5. The first-order valence-electron chi connectivity index (χ1n) is 6.23. The van der Waals surface area contributed by atoms with Crippen LogP contribution in [0.1, 0.15) is 34.1 Å². The van der Waals surface area contributed by atoms with Crippen molar-refractivity contribution in [3.63, 3.8) is 0 Å². The molecule has 3 aliphatic rings. The topological polar surface area (TPSA) is 9.23 Å². The van der Waals surface area contributed by atoms with E-state index in [-0.39, 0.29) is 0 Å². The summed E-state index contributed by atoms with van der Waals surface area (Å²) >= 11 is 0. The lowest BCUT2D eigenvalue weighted by Gasteiger charge is -2.25. The lowest BCUT2D eigenvalue weighted by molar-refractivity contribution is 0.351. The molecule has 2 aliphatic carbocycles.